The van der Waals surface area contributed by atoms with Crippen molar-refractivity contribution in [3.63, 3.8) is 0 Å². The van der Waals surface area contributed by atoms with Crippen molar-refractivity contribution in [2.45, 2.75) is 0 Å². The third-order valence-corrected chi connectivity index (χ3v) is 4.82. The maximum absolute atomic E-state index is 12.2. The molecule has 10 nitrogen and oxygen atoms in total. The van der Waals surface area contributed by atoms with E-state index in [4.69, 9.17) is 30.2 Å². The highest BCUT2D eigenvalue weighted by molar-refractivity contribution is 7.71. The molecule has 162 valence electrons. The second-order valence-corrected chi connectivity index (χ2v) is 7.10. The molecule has 2 amide bonds. The lowest BCUT2D eigenvalue weighted by Gasteiger charge is -2.22. The van der Waals surface area contributed by atoms with E-state index in [1.807, 2.05) is 4.90 Å². The largest absolute Gasteiger partial charge is 0.427 e. The van der Waals surface area contributed by atoms with Gasteiger partial charge in [-0.3, -0.25) is 14.5 Å². The van der Waals surface area contributed by atoms with Gasteiger partial charge in [-0.15, -0.1) is 0 Å². The minimum absolute atomic E-state index is 0.0430. The summed E-state index contributed by atoms with van der Waals surface area (Å²) in [5.74, 6) is -0.914. The molecule has 2 heterocycles. The lowest BCUT2D eigenvalue weighted by Crippen LogP contribution is -2.42. The molecule has 0 fully saturated rings. The highest BCUT2D eigenvalue weighted by Crippen LogP contribution is 2.01. The molecule has 0 saturated heterocycles. The summed E-state index contributed by atoms with van der Waals surface area (Å²) in [6, 6.07) is 9.11. The quantitative estimate of drug-likeness (QED) is 0.262. The first kappa shape index (κ1) is 23.5. The number of hydrogen-bond donors (Lipinski definition) is 5. The minimum Gasteiger partial charge on any atom is -0.427 e. The van der Waals surface area contributed by atoms with E-state index < -0.39 is 11.8 Å². The molecule has 0 aliphatic rings. The molecule has 0 saturated carbocycles. The van der Waals surface area contributed by atoms with Crippen LogP contribution in [0.4, 0.5) is 0 Å². The summed E-state index contributed by atoms with van der Waals surface area (Å²) in [4.78, 5) is 26.4. The van der Waals surface area contributed by atoms with Gasteiger partial charge < -0.3 is 26.8 Å². The summed E-state index contributed by atoms with van der Waals surface area (Å²) in [6.07, 6.45) is 0. The van der Waals surface area contributed by atoms with Gasteiger partial charge in [-0.05, 0) is 24.3 Å². The molecule has 0 spiro atoms. The number of nitrogens with two attached hydrogens (primary N) is 1. The lowest BCUT2D eigenvalue weighted by atomic mass is 10.3. The van der Waals surface area contributed by atoms with E-state index in [9.17, 15) is 20.0 Å². The Morgan fingerprint density at radius 2 is 1.30 bits per heavy atom. The molecule has 0 aromatic carbocycles. The third kappa shape index (κ3) is 6.35. The molecular weight excluding hydrogens is 428 g/mol. The molecule has 0 aliphatic carbocycles. The van der Waals surface area contributed by atoms with Crippen LogP contribution in [0.1, 0.15) is 21.0 Å². The lowest BCUT2D eigenvalue weighted by molar-refractivity contribution is 0.0889. The van der Waals surface area contributed by atoms with Crippen LogP contribution in [0, 0.1) is 9.28 Å². The van der Waals surface area contributed by atoms with Gasteiger partial charge in [0, 0.05) is 39.3 Å². The molecule has 0 atom stereocenters. The van der Waals surface area contributed by atoms with Crippen molar-refractivity contribution in [1.82, 2.24) is 25.0 Å². The number of carbonyl (C=O) groups excluding carboxylic acids is 2. The first-order valence-corrected chi connectivity index (χ1v) is 9.98. The summed E-state index contributed by atoms with van der Waals surface area (Å²) in [6.45, 7) is 2.56. The molecule has 30 heavy (non-hydrogen) atoms. The van der Waals surface area contributed by atoms with Crippen LogP contribution in [0.5, 0.6) is 0 Å². The Labute approximate surface area is 183 Å². The van der Waals surface area contributed by atoms with Crippen LogP contribution in [-0.4, -0.2) is 75.9 Å². The second-order valence-electron chi connectivity index (χ2n) is 6.26. The van der Waals surface area contributed by atoms with Gasteiger partial charge >= 0.3 is 0 Å². The Bertz CT molecular complexity index is 929. The zero-order chi connectivity index (χ0) is 22.1. The molecule has 0 radical (unpaired) electrons. The predicted molar refractivity (Wildman–Crippen MR) is 115 cm³/mol. The average molecular weight is 453 g/mol. The van der Waals surface area contributed by atoms with E-state index in [0.29, 0.717) is 48.7 Å². The topological polar surface area (TPSA) is 138 Å². The Morgan fingerprint density at radius 3 is 1.70 bits per heavy atom. The number of nitrogens with zero attached hydrogens (tertiary/aromatic N) is 3. The number of hydrogen-bond acceptors (Lipinski definition) is 8. The number of rotatable bonds is 10. The zero-order valence-electron chi connectivity index (χ0n) is 16.2. The van der Waals surface area contributed by atoms with E-state index in [2.05, 4.69) is 10.6 Å². The monoisotopic (exact) mass is 452 g/mol. The van der Waals surface area contributed by atoms with Crippen molar-refractivity contribution < 1.29 is 20.0 Å². The molecule has 0 bridgehead atoms. The van der Waals surface area contributed by atoms with Crippen LogP contribution in [0.25, 0.3) is 0 Å². The normalized spacial score (nSPS) is 10.7. The number of pyridine rings is 2. The molecule has 0 unspecified atom stereocenters. The van der Waals surface area contributed by atoms with E-state index in [0.717, 1.165) is 0 Å². The third-order valence-electron chi connectivity index (χ3n) is 4.20. The summed E-state index contributed by atoms with van der Waals surface area (Å²) in [7, 11) is 0. The van der Waals surface area contributed by atoms with E-state index >= 15 is 0 Å². The van der Waals surface area contributed by atoms with Crippen LogP contribution in [-0.2, 0) is 0 Å². The fourth-order valence-corrected chi connectivity index (χ4v) is 3.01. The highest BCUT2D eigenvalue weighted by Gasteiger charge is 2.13. The number of nitrogens with one attached hydrogen (secondary N) is 2. The molecule has 2 rings (SSSR count). The maximum Gasteiger partial charge on any atom is 0.271 e. The Kier molecular flexibility index (Phi) is 8.92. The van der Waals surface area contributed by atoms with Crippen molar-refractivity contribution in [2.75, 3.05) is 39.3 Å². The highest BCUT2D eigenvalue weighted by atomic mass is 32.1. The van der Waals surface area contributed by atoms with Gasteiger partial charge in [-0.1, -0.05) is 36.6 Å². The van der Waals surface area contributed by atoms with Gasteiger partial charge in [0.15, 0.2) is 0 Å². The Morgan fingerprint density at radius 1 is 0.867 bits per heavy atom. The first-order valence-electron chi connectivity index (χ1n) is 9.16. The second kappa shape index (κ2) is 11.4. The van der Waals surface area contributed by atoms with Crippen LogP contribution >= 0.6 is 24.4 Å². The smallest absolute Gasteiger partial charge is 0.271 e. The van der Waals surface area contributed by atoms with Crippen LogP contribution in [0.2, 0.25) is 0 Å². The molecule has 12 heteroatoms. The molecule has 2 aromatic heterocycles. The van der Waals surface area contributed by atoms with Crippen molar-refractivity contribution in [3.05, 3.63) is 57.1 Å². The van der Waals surface area contributed by atoms with Gasteiger partial charge in [-0.2, -0.15) is 9.46 Å². The zero-order valence-corrected chi connectivity index (χ0v) is 17.8. The molecule has 2 aromatic rings. The summed E-state index contributed by atoms with van der Waals surface area (Å²) in [5, 5.41) is 25.1. The van der Waals surface area contributed by atoms with Gasteiger partial charge in [-0.25, -0.2) is 0 Å². The van der Waals surface area contributed by atoms with Crippen LogP contribution in [0.15, 0.2) is 36.4 Å². The number of amides is 2. The van der Waals surface area contributed by atoms with E-state index in [1.54, 1.807) is 12.1 Å². The van der Waals surface area contributed by atoms with Gasteiger partial charge in [0.1, 0.15) is 20.7 Å². The van der Waals surface area contributed by atoms with Gasteiger partial charge in [0.05, 0.1) is 0 Å². The number of aromatic nitrogens is 2. The molecular formula is C18H24N6O4S2. The minimum atomic E-state index is -0.457. The summed E-state index contributed by atoms with van der Waals surface area (Å²) < 4.78 is 1.58. The standard InChI is InChI=1S/C18H24N6O4S2/c19-7-10-22(11-8-20-17(25)13-3-1-5-15(29)23(13)27)12-9-21-18(26)14-4-2-6-16(30)24(14)28/h1-6,27-28H,7-12,19H2,(H,20,25)(H,21,26). The van der Waals surface area contributed by atoms with E-state index in [-0.39, 0.29) is 20.7 Å². The first-order chi connectivity index (χ1) is 14.3. The van der Waals surface area contributed by atoms with Crippen LogP contribution in [0.3, 0.4) is 0 Å². The van der Waals surface area contributed by atoms with Crippen molar-refractivity contribution in [2.24, 2.45) is 5.73 Å². The van der Waals surface area contributed by atoms with E-state index in [1.165, 1.54) is 24.3 Å². The fraction of sp³-hybridized carbons (Fsp3) is 0.333. The molecule has 0 aliphatic heterocycles. The van der Waals surface area contributed by atoms with Gasteiger partial charge in [0.25, 0.3) is 11.8 Å². The molecule has 6 N–H and O–H groups in total. The van der Waals surface area contributed by atoms with Gasteiger partial charge in [0.2, 0.25) is 0 Å². The van der Waals surface area contributed by atoms with Crippen molar-refractivity contribution in [3.8, 4) is 0 Å². The SMILES string of the molecule is NCCN(CCNC(=O)c1cccc(=S)n1O)CCNC(=O)c1cccc(=S)n1O. The van der Waals surface area contributed by atoms with Crippen LogP contribution < -0.4 is 16.4 Å². The number of carbonyl (C=O) groups is 2. The summed E-state index contributed by atoms with van der Waals surface area (Å²) >= 11 is 9.84. The average Bonchev–Trinajstić information content (AvgIpc) is 2.71. The van der Waals surface area contributed by atoms with Crippen molar-refractivity contribution >= 4 is 36.3 Å². The Balaban J connectivity index is 1.83. The Hall–Kier alpha value is -2.80. The summed E-state index contributed by atoms with van der Waals surface area (Å²) in [5.41, 5.74) is 5.72. The maximum atomic E-state index is 12.2. The van der Waals surface area contributed by atoms with Crippen molar-refractivity contribution in [1.29, 1.82) is 0 Å². The fourth-order valence-electron chi connectivity index (χ4n) is 2.66. The predicted octanol–water partition coefficient (Wildman–Crippen LogP) is 0.644.